The number of thiazole rings is 1. The maximum Gasteiger partial charge on any atom is 0.311 e. The summed E-state index contributed by atoms with van der Waals surface area (Å²) in [6, 6.07) is 7.07. The van der Waals surface area contributed by atoms with E-state index in [1.54, 1.807) is 43.5 Å². The summed E-state index contributed by atoms with van der Waals surface area (Å²) in [4.78, 5) is 28.5. The number of hydrogen-bond donors (Lipinski definition) is 1. The zero-order chi connectivity index (χ0) is 19.4. The summed E-state index contributed by atoms with van der Waals surface area (Å²) in [6.45, 7) is 3.70. The summed E-state index contributed by atoms with van der Waals surface area (Å²) < 4.78 is 10.1. The molecular weight excluding hydrogens is 390 g/mol. The van der Waals surface area contributed by atoms with Gasteiger partial charge in [0.2, 0.25) is 0 Å². The first-order valence-corrected chi connectivity index (χ1v) is 9.38. The largest absolute Gasteiger partial charge is 0.466 e. The Bertz CT molecular complexity index is 983. The number of amides is 1. The number of ether oxygens (including phenoxy) is 1. The predicted molar refractivity (Wildman–Crippen MR) is 102 cm³/mol. The van der Waals surface area contributed by atoms with Crippen molar-refractivity contribution in [2.24, 2.45) is 0 Å². The molecule has 0 saturated heterocycles. The Morgan fingerprint density at radius 3 is 2.85 bits per heavy atom. The monoisotopic (exact) mass is 405 g/mol. The van der Waals surface area contributed by atoms with Crippen LogP contribution in [0, 0.1) is 6.92 Å². The minimum Gasteiger partial charge on any atom is -0.466 e. The molecule has 0 aliphatic carbocycles. The van der Waals surface area contributed by atoms with Gasteiger partial charge in [-0.2, -0.15) is 0 Å². The fraction of sp³-hybridized carbons (Fsp3) is 0.222. The number of esters is 1. The van der Waals surface area contributed by atoms with Gasteiger partial charge < -0.3 is 9.26 Å². The van der Waals surface area contributed by atoms with Gasteiger partial charge in [-0.15, -0.1) is 11.3 Å². The molecule has 9 heteroatoms. The second kappa shape index (κ2) is 8.32. The van der Waals surface area contributed by atoms with Gasteiger partial charge in [0.05, 0.1) is 23.7 Å². The van der Waals surface area contributed by atoms with Crippen molar-refractivity contribution in [2.75, 3.05) is 11.9 Å². The number of aryl methyl sites for hydroxylation is 1. The lowest BCUT2D eigenvalue weighted by atomic mass is 10.1. The number of nitrogens with one attached hydrogen (secondary N) is 1. The topological polar surface area (TPSA) is 94.3 Å². The summed E-state index contributed by atoms with van der Waals surface area (Å²) in [5.74, 6) is -0.414. The van der Waals surface area contributed by atoms with Crippen molar-refractivity contribution < 1.29 is 18.8 Å². The quantitative estimate of drug-likeness (QED) is 0.620. The smallest absolute Gasteiger partial charge is 0.311 e. The Morgan fingerprint density at radius 1 is 1.33 bits per heavy atom. The lowest BCUT2D eigenvalue weighted by molar-refractivity contribution is -0.142. The van der Waals surface area contributed by atoms with Crippen LogP contribution in [0.15, 0.2) is 34.2 Å². The van der Waals surface area contributed by atoms with Gasteiger partial charge in [-0.25, -0.2) is 4.98 Å². The predicted octanol–water partition coefficient (Wildman–Crippen LogP) is 4.12. The molecule has 0 atom stereocenters. The summed E-state index contributed by atoms with van der Waals surface area (Å²) in [5, 5.41) is 9.22. The standard InChI is InChI=1S/C18H16ClN3O4S/c1-3-25-14(23)8-11-9-27-18(20-11)21-17(24)15-10(2)26-22-16(15)12-6-4-5-7-13(12)19/h4-7,9H,3,8H2,1-2H3,(H,20,21,24). The van der Waals surface area contributed by atoms with E-state index in [4.69, 9.17) is 20.9 Å². The molecule has 3 rings (SSSR count). The van der Waals surface area contributed by atoms with Gasteiger partial charge in [-0.05, 0) is 19.9 Å². The van der Waals surface area contributed by atoms with Crippen LogP contribution in [0.3, 0.4) is 0 Å². The lowest BCUT2D eigenvalue weighted by Crippen LogP contribution is -2.14. The second-order valence-corrected chi connectivity index (χ2v) is 6.79. The van der Waals surface area contributed by atoms with Gasteiger partial charge in [-0.3, -0.25) is 14.9 Å². The molecule has 2 heterocycles. The third-order valence-electron chi connectivity index (χ3n) is 3.62. The maximum atomic E-state index is 12.8. The fourth-order valence-electron chi connectivity index (χ4n) is 2.44. The molecule has 0 fully saturated rings. The number of carbonyl (C=O) groups is 2. The van der Waals surface area contributed by atoms with Crippen LogP contribution >= 0.6 is 22.9 Å². The number of aromatic nitrogens is 2. The summed E-state index contributed by atoms with van der Waals surface area (Å²) in [5.41, 5.74) is 1.77. The average molecular weight is 406 g/mol. The molecule has 1 amide bonds. The van der Waals surface area contributed by atoms with E-state index in [0.717, 1.165) is 0 Å². The average Bonchev–Trinajstić information content (AvgIpc) is 3.22. The van der Waals surface area contributed by atoms with E-state index in [-0.39, 0.29) is 18.0 Å². The Morgan fingerprint density at radius 2 is 2.11 bits per heavy atom. The van der Waals surface area contributed by atoms with Gasteiger partial charge in [0.15, 0.2) is 5.13 Å². The molecule has 0 bridgehead atoms. The van der Waals surface area contributed by atoms with E-state index in [1.165, 1.54) is 11.3 Å². The Hall–Kier alpha value is -2.71. The minimum absolute atomic E-state index is 0.0530. The molecule has 2 aromatic heterocycles. The summed E-state index contributed by atoms with van der Waals surface area (Å²) >= 11 is 7.43. The number of hydrogen-bond acceptors (Lipinski definition) is 7. The molecule has 3 aromatic rings. The third-order valence-corrected chi connectivity index (χ3v) is 4.76. The summed E-state index contributed by atoms with van der Waals surface area (Å²) in [6.07, 6.45) is 0.0530. The zero-order valence-electron chi connectivity index (χ0n) is 14.6. The normalized spacial score (nSPS) is 10.6. The van der Waals surface area contributed by atoms with Gasteiger partial charge in [-0.1, -0.05) is 35.0 Å². The van der Waals surface area contributed by atoms with Crippen molar-refractivity contribution in [1.29, 1.82) is 0 Å². The molecule has 0 unspecified atom stereocenters. The Kier molecular flexibility index (Phi) is 5.88. The van der Waals surface area contributed by atoms with E-state index in [0.29, 0.717) is 39.5 Å². The molecule has 1 N–H and O–H groups in total. The van der Waals surface area contributed by atoms with Crippen LogP contribution in [0.2, 0.25) is 5.02 Å². The van der Waals surface area contributed by atoms with Crippen molar-refractivity contribution in [2.45, 2.75) is 20.3 Å². The zero-order valence-corrected chi connectivity index (χ0v) is 16.2. The van der Waals surface area contributed by atoms with E-state index < -0.39 is 5.91 Å². The van der Waals surface area contributed by atoms with Crippen LogP contribution in [0.4, 0.5) is 5.13 Å². The molecule has 27 heavy (non-hydrogen) atoms. The number of benzene rings is 1. The molecule has 7 nitrogen and oxygen atoms in total. The highest BCUT2D eigenvalue weighted by Gasteiger charge is 2.24. The van der Waals surface area contributed by atoms with Gasteiger partial charge in [0, 0.05) is 10.9 Å². The number of rotatable bonds is 6. The van der Waals surface area contributed by atoms with Crippen molar-refractivity contribution in [3.05, 3.63) is 51.7 Å². The molecule has 0 saturated carbocycles. The second-order valence-electron chi connectivity index (χ2n) is 5.52. The van der Waals surface area contributed by atoms with Crippen molar-refractivity contribution in [1.82, 2.24) is 10.1 Å². The molecule has 0 spiro atoms. The van der Waals surface area contributed by atoms with Crippen LogP contribution in [-0.4, -0.2) is 28.6 Å². The number of anilines is 1. The van der Waals surface area contributed by atoms with Crippen LogP contribution in [-0.2, 0) is 16.0 Å². The first kappa shape index (κ1) is 19.1. The molecular formula is C18H16ClN3O4S. The van der Waals surface area contributed by atoms with Gasteiger partial charge in [0.1, 0.15) is 17.0 Å². The van der Waals surface area contributed by atoms with Gasteiger partial charge in [0.25, 0.3) is 5.91 Å². The fourth-order valence-corrected chi connectivity index (χ4v) is 3.37. The van der Waals surface area contributed by atoms with E-state index in [9.17, 15) is 9.59 Å². The minimum atomic E-state index is -0.416. The molecule has 0 aliphatic rings. The Labute approximate surface area is 164 Å². The SMILES string of the molecule is CCOC(=O)Cc1csc(NC(=O)c2c(-c3ccccc3Cl)noc2C)n1. The van der Waals surface area contributed by atoms with Crippen LogP contribution < -0.4 is 5.32 Å². The first-order valence-electron chi connectivity index (χ1n) is 8.12. The molecule has 140 valence electrons. The molecule has 1 aromatic carbocycles. The number of halogens is 1. The number of nitrogens with zero attached hydrogens (tertiary/aromatic N) is 2. The van der Waals surface area contributed by atoms with E-state index >= 15 is 0 Å². The van der Waals surface area contributed by atoms with Gasteiger partial charge >= 0.3 is 5.97 Å². The van der Waals surface area contributed by atoms with Crippen molar-refractivity contribution >= 4 is 39.9 Å². The maximum absolute atomic E-state index is 12.8. The van der Waals surface area contributed by atoms with E-state index in [1.807, 2.05) is 0 Å². The van der Waals surface area contributed by atoms with Crippen LogP contribution in [0.1, 0.15) is 28.7 Å². The lowest BCUT2D eigenvalue weighted by Gasteiger charge is -2.04. The highest BCUT2D eigenvalue weighted by molar-refractivity contribution is 7.14. The molecule has 0 radical (unpaired) electrons. The van der Waals surface area contributed by atoms with Crippen LogP contribution in [0.5, 0.6) is 0 Å². The Balaban J connectivity index is 1.80. The van der Waals surface area contributed by atoms with Crippen LogP contribution in [0.25, 0.3) is 11.3 Å². The highest BCUT2D eigenvalue weighted by Crippen LogP contribution is 2.31. The molecule has 0 aliphatic heterocycles. The highest BCUT2D eigenvalue weighted by atomic mass is 35.5. The number of carbonyl (C=O) groups excluding carboxylic acids is 2. The third kappa shape index (κ3) is 4.35. The summed E-state index contributed by atoms with van der Waals surface area (Å²) in [7, 11) is 0. The van der Waals surface area contributed by atoms with Crippen molar-refractivity contribution in [3.63, 3.8) is 0 Å². The van der Waals surface area contributed by atoms with E-state index in [2.05, 4.69) is 15.5 Å². The van der Waals surface area contributed by atoms with Crippen molar-refractivity contribution in [3.8, 4) is 11.3 Å². The first-order chi connectivity index (χ1) is 13.0.